The Morgan fingerprint density at radius 1 is 1.37 bits per heavy atom. The minimum Gasteiger partial charge on any atom is -0.450 e. The highest BCUT2D eigenvalue weighted by atomic mass is 16.9. The number of carbonyl (C=O) groups is 2. The molecule has 0 aromatic heterocycles. The number of alkyl carbamates (subject to hydrolysis) is 1. The highest BCUT2D eigenvalue weighted by Crippen LogP contribution is 1.97. The van der Waals surface area contributed by atoms with Crippen LogP contribution in [0.5, 0.6) is 0 Å². The molecular formula is C10H18N2O7. The van der Waals surface area contributed by atoms with Crippen molar-refractivity contribution in [3.8, 4) is 0 Å². The summed E-state index contributed by atoms with van der Waals surface area (Å²) in [5.74, 6) is -0.383. The summed E-state index contributed by atoms with van der Waals surface area (Å²) in [6.45, 7) is 2.59. The number of aliphatic hydroxyl groups excluding tert-OH is 1. The van der Waals surface area contributed by atoms with Gasteiger partial charge in [0.05, 0.1) is 19.3 Å². The van der Waals surface area contributed by atoms with Crippen molar-refractivity contribution < 1.29 is 29.4 Å². The monoisotopic (exact) mass is 278 g/mol. The molecule has 0 saturated heterocycles. The van der Waals surface area contributed by atoms with Gasteiger partial charge in [0.25, 0.3) is 5.09 Å². The normalized spacial score (nSPS) is 13.2. The molecule has 0 bridgehead atoms. The smallest absolute Gasteiger partial charge is 0.407 e. The Bertz CT molecular complexity index is 319. The van der Waals surface area contributed by atoms with E-state index < -0.39 is 23.3 Å². The summed E-state index contributed by atoms with van der Waals surface area (Å²) in [5, 5.41) is 20.4. The SMILES string of the molecule is CC(=O)C(NC(=O)OCCCCO[N+](=O)[O-])C(C)O. The van der Waals surface area contributed by atoms with Gasteiger partial charge in [-0.05, 0) is 26.7 Å². The van der Waals surface area contributed by atoms with Crippen LogP contribution in [-0.4, -0.2) is 47.4 Å². The van der Waals surface area contributed by atoms with Crippen LogP contribution in [0.1, 0.15) is 26.7 Å². The first-order valence-electron chi connectivity index (χ1n) is 5.73. The minimum atomic E-state index is -1.02. The Balaban J connectivity index is 3.74. The molecule has 2 unspecified atom stereocenters. The molecule has 2 N–H and O–H groups in total. The van der Waals surface area contributed by atoms with E-state index in [-0.39, 0.29) is 19.0 Å². The molecular weight excluding hydrogens is 260 g/mol. The van der Waals surface area contributed by atoms with Crippen molar-refractivity contribution in [3.63, 3.8) is 0 Å². The molecule has 0 fully saturated rings. The molecule has 0 radical (unpaired) electrons. The molecule has 0 aromatic rings. The van der Waals surface area contributed by atoms with E-state index in [9.17, 15) is 24.8 Å². The lowest BCUT2D eigenvalue weighted by molar-refractivity contribution is -0.757. The zero-order valence-electron chi connectivity index (χ0n) is 10.8. The molecule has 2 atom stereocenters. The molecule has 0 aromatic carbocycles. The number of unbranched alkanes of at least 4 members (excludes halogenated alkanes) is 1. The summed E-state index contributed by atoms with van der Waals surface area (Å²) in [6.07, 6.45) is -1.09. The quantitative estimate of drug-likeness (QED) is 0.346. The van der Waals surface area contributed by atoms with Gasteiger partial charge in [0, 0.05) is 0 Å². The van der Waals surface area contributed by atoms with Crippen LogP contribution in [0, 0.1) is 10.1 Å². The highest BCUT2D eigenvalue weighted by molar-refractivity contribution is 5.85. The Morgan fingerprint density at radius 3 is 2.42 bits per heavy atom. The molecule has 1 amide bonds. The summed E-state index contributed by atoms with van der Waals surface area (Å²) in [6, 6.07) is -1.01. The van der Waals surface area contributed by atoms with Crippen LogP contribution in [0.3, 0.4) is 0 Å². The number of ketones is 1. The number of hydrogen-bond donors (Lipinski definition) is 2. The summed E-state index contributed by atoms with van der Waals surface area (Å²) in [4.78, 5) is 36.2. The van der Waals surface area contributed by atoms with Crippen LogP contribution >= 0.6 is 0 Å². The van der Waals surface area contributed by atoms with Gasteiger partial charge >= 0.3 is 6.09 Å². The van der Waals surface area contributed by atoms with Crippen LogP contribution in [0.25, 0.3) is 0 Å². The average molecular weight is 278 g/mol. The summed E-state index contributed by atoms with van der Waals surface area (Å²) < 4.78 is 4.74. The molecule has 19 heavy (non-hydrogen) atoms. The number of aliphatic hydroxyl groups is 1. The van der Waals surface area contributed by atoms with Crippen molar-refractivity contribution in [1.82, 2.24) is 5.32 Å². The van der Waals surface area contributed by atoms with Gasteiger partial charge in [0.2, 0.25) is 0 Å². The first-order valence-corrected chi connectivity index (χ1v) is 5.73. The van der Waals surface area contributed by atoms with E-state index in [0.29, 0.717) is 12.8 Å². The first-order chi connectivity index (χ1) is 8.84. The fourth-order valence-corrected chi connectivity index (χ4v) is 1.24. The van der Waals surface area contributed by atoms with E-state index in [1.807, 2.05) is 0 Å². The van der Waals surface area contributed by atoms with Crippen LogP contribution in [0.15, 0.2) is 0 Å². The Hall–Kier alpha value is -1.90. The van der Waals surface area contributed by atoms with Gasteiger partial charge in [-0.1, -0.05) is 0 Å². The van der Waals surface area contributed by atoms with Crippen molar-refractivity contribution in [2.24, 2.45) is 0 Å². The molecule has 0 aliphatic carbocycles. The lowest BCUT2D eigenvalue weighted by atomic mass is 10.1. The second kappa shape index (κ2) is 9.09. The van der Waals surface area contributed by atoms with Gasteiger partial charge in [-0.25, -0.2) is 4.79 Å². The van der Waals surface area contributed by atoms with Crippen LogP contribution < -0.4 is 5.32 Å². The van der Waals surface area contributed by atoms with E-state index in [4.69, 9.17) is 4.74 Å². The number of nitrogens with one attached hydrogen (secondary N) is 1. The molecule has 0 aliphatic heterocycles. The third-order valence-corrected chi connectivity index (χ3v) is 2.16. The molecule has 0 spiro atoms. The van der Waals surface area contributed by atoms with Gasteiger partial charge < -0.3 is 20.0 Å². The number of rotatable bonds is 9. The summed E-state index contributed by atoms with van der Waals surface area (Å²) in [7, 11) is 0. The van der Waals surface area contributed by atoms with Gasteiger partial charge in [0.1, 0.15) is 6.04 Å². The lowest BCUT2D eigenvalue weighted by Gasteiger charge is -2.18. The maximum absolute atomic E-state index is 11.3. The van der Waals surface area contributed by atoms with Gasteiger partial charge in [-0.3, -0.25) is 4.79 Å². The van der Waals surface area contributed by atoms with Crippen LogP contribution in [0.2, 0.25) is 0 Å². The molecule has 0 rings (SSSR count). The largest absolute Gasteiger partial charge is 0.450 e. The molecule has 9 nitrogen and oxygen atoms in total. The van der Waals surface area contributed by atoms with Gasteiger partial charge in [-0.15, -0.1) is 10.1 Å². The Kier molecular flexibility index (Phi) is 8.18. The molecule has 9 heteroatoms. The maximum Gasteiger partial charge on any atom is 0.407 e. The zero-order valence-corrected chi connectivity index (χ0v) is 10.8. The van der Waals surface area contributed by atoms with Crippen molar-refractivity contribution in [3.05, 3.63) is 10.1 Å². The van der Waals surface area contributed by atoms with E-state index in [2.05, 4.69) is 10.2 Å². The second-order valence-corrected chi connectivity index (χ2v) is 3.87. The number of nitrogens with zero attached hydrogens (tertiary/aromatic N) is 1. The third kappa shape index (κ3) is 8.77. The number of carbonyl (C=O) groups excluding carboxylic acids is 2. The van der Waals surface area contributed by atoms with Crippen LogP contribution in [-0.2, 0) is 14.4 Å². The summed E-state index contributed by atoms with van der Waals surface area (Å²) >= 11 is 0. The average Bonchev–Trinajstić information content (AvgIpc) is 2.29. The first kappa shape index (κ1) is 17.1. The predicted octanol–water partition coefficient (Wildman–Crippen LogP) is 0.0395. The fourth-order valence-electron chi connectivity index (χ4n) is 1.24. The molecule has 0 saturated carbocycles. The topological polar surface area (TPSA) is 128 Å². The van der Waals surface area contributed by atoms with E-state index >= 15 is 0 Å². The molecule has 0 heterocycles. The standard InChI is InChI=1S/C10H18N2O7/c1-7(13)9(8(2)14)11-10(15)18-5-3-4-6-19-12(16)17/h7,9,13H,3-6H2,1-2H3,(H,11,15). The molecule has 110 valence electrons. The molecule has 0 aliphatic rings. The van der Waals surface area contributed by atoms with Gasteiger partial charge in [0.15, 0.2) is 5.78 Å². The zero-order chi connectivity index (χ0) is 14.8. The van der Waals surface area contributed by atoms with E-state index in [1.165, 1.54) is 13.8 Å². The second-order valence-electron chi connectivity index (χ2n) is 3.87. The van der Waals surface area contributed by atoms with E-state index in [0.717, 1.165) is 0 Å². The minimum absolute atomic E-state index is 0.0390. The summed E-state index contributed by atoms with van der Waals surface area (Å²) in [5.41, 5.74) is 0. The lowest BCUT2D eigenvalue weighted by Crippen LogP contribution is -2.47. The van der Waals surface area contributed by atoms with Crippen molar-refractivity contribution in [2.75, 3.05) is 13.2 Å². The number of ether oxygens (including phenoxy) is 1. The van der Waals surface area contributed by atoms with E-state index in [1.54, 1.807) is 0 Å². The van der Waals surface area contributed by atoms with Crippen LogP contribution in [0.4, 0.5) is 4.79 Å². The Morgan fingerprint density at radius 2 is 1.95 bits per heavy atom. The van der Waals surface area contributed by atoms with Crippen molar-refractivity contribution in [2.45, 2.75) is 38.8 Å². The third-order valence-electron chi connectivity index (χ3n) is 2.16. The van der Waals surface area contributed by atoms with Gasteiger partial charge in [-0.2, -0.15) is 0 Å². The fraction of sp³-hybridized carbons (Fsp3) is 0.800. The number of hydrogen-bond acceptors (Lipinski definition) is 7. The maximum atomic E-state index is 11.3. The Labute approximate surface area is 110 Å². The van der Waals surface area contributed by atoms with Crippen molar-refractivity contribution >= 4 is 11.9 Å². The predicted molar refractivity (Wildman–Crippen MR) is 62.8 cm³/mol. The number of Topliss-reactive ketones (excluding diaryl/α,β-unsaturated/α-hetero) is 1. The highest BCUT2D eigenvalue weighted by Gasteiger charge is 2.22. The van der Waals surface area contributed by atoms with Crippen molar-refractivity contribution in [1.29, 1.82) is 0 Å². The number of amides is 1.